The van der Waals surface area contributed by atoms with E-state index in [0.717, 1.165) is 18.6 Å². The minimum Gasteiger partial charge on any atom is -0.490 e. The Morgan fingerprint density at radius 2 is 1.81 bits per heavy atom. The van der Waals surface area contributed by atoms with Gasteiger partial charge in [0.1, 0.15) is 5.75 Å². The van der Waals surface area contributed by atoms with Crippen LogP contribution in [0.15, 0.2) is 24.3 Å². The van der Waals surface area contributed by atoms with Gasteiger partial charge in [-0.1, -0.05) is 32.4 Å². The van der Waals surface area contributed by atoms with Gasteiger partial charge >= 0.3 is 0 Å². The van der Waals surface area contributed by atoms with Crippen LogP contribution in [0.5, 0.6) is 5.75 Å². The van der Waals surface area contributed by atoms with E-state index in [1.807, 2.05) is 0 Å². The Morgan fingerprint density at radius 1 is 1.14 bits per heavy atom. The van der Waals surface area contributed by atoms with E-state index in [1.54, 1.807) is 0 Å². The van der Waals surface area contributed by atoms with E-state index in [2.05, 4.69) is 38.1 Å². The summed E-state index contributed by atoms with van der Waals surface area (Å²) in [6.07, 6.45) is 9.14. The first kappa shape index (κ1) is 14.9. The molecule has 0 radical (unpaired) electrons. The zero-order valence-electron chi connectivity index (χ0n) is 13.5. The van der Waals surface area contributed by atoms with E-state index in [1.165, 1.54) is 37.7 Å². The second kappa shape index (κ2) is 6.00. The summed E-state index contributed by atoms with van der Waals surface area (Å²) in [5.74, 6) is 1.65. The molecule has 0 bridgehead atoms. The van der Waals surface area contributed by atoms with Crippen LogP contribution in [-0.2, 0) is 0 Å². The topological polar surface area (TPSA) is 35.2 Å². The summed E-state index contributed by atoms with van der Waals surface area (Å²) in [7, 11) is 0. The van der Waals surface area contributed by atoms with Crippen molar-refractivity contribution < 1.29 is 4.74 Å². The average Bonchev–Trinajstić information content (AvgIpc) is 2.53. The van der Waals surface area contributed by atoms with Crippen LogP contribution in [0, 0.1) is 5.41 Å². The molecule has 0 heterocycles. The van der Waals surface area contributed by atoms with Gasteiger partial charge in [0.05, 0.1) is 6.10 Å². The van der Waals surface area contributed by atoms with Crippen LogP contribution < -0.4 is 10.5 Å². The molecule has 2 aliphatic carbocycles. The Hall–Kier alpha value is -1.02. The number of hydrogen-bond donors (Lipinski definition) is 1. The van der Waals surface area contributed by atoms with E-state index < -0.39 is 0 Å². The van der Waals surface area contributed by atoms with E-state index in [9.17, 15) is 0 Å². The molecule has 1 aromatic carbocycles. The van der Waals surface area contributed by atoms with Crippen LogP contribution in [0.25, 0.3) is 0 Å². The van der Waals surface area contributed by atoms with Crippen molar-refractivity contribution in [2.24, 2.45) is 11.1 Å². The molecule has 0 aromatic heterocycles. The normalized spacial score (nSPS) is 33.5. The molecule has 0 spiro atoms. The van der Waals surface area contributed by atoms with E-state index in [-0.39, 0.29) is 5.41 Å². The minimum absolute atomic E-state index is 0.270. The van der Waals surface area contributed by atoms with E-state index in [4.69, 9.17) is 10.5 Å². The van der Waals surface area contributed by atoms with Gasteiger partial charge in [-0.3, -0.25) is 0 Å². The predicted molar refractivity (Wildman–Crippen MR) is 87.7 cm³/mol. The Kier molecular flexibility index (Phi) is 4.26. The maximum Gasteiger partial charge on any atom is 0.119 e. The van der Waals surface area contributed by atoms with Crippen LogP contribution in [0.4, 0.5) is 0 Å². The Bertz CT molecular complexity index is 463. The minimum atomic E-state index is 0.270. The predicted octanol–water partition coefficient (Wildman–Crippen LogP) is 4.63. The molecule has 0 amide bonds. The first-order chi connectivity index (χ1) is 10.1. The molecule has 2 heteroatoms. The summed E-state index contributed by atoms with van der Waals surface area (Å²) in [6, 6.07) is 9.17. The van der Waals surface area contributed by atoms with Gasteiger partial charge in [0, 0.05) is 6.04 Å². The summed E-state index contributed by atoms with van der Waals surface area (Å²) in [5.41, 5.74) is 7.92. The van der Waals surface area contributed by atoms with Gasteiger partial charge in [-0.2, -0.15) is 0 Å². The first-order valence-corrected chi connectivity index (χ1v) is 8.65. The summed E-state index contributed by atoms with van der Waals surface area (Å²) < 4.78 is 6.12. The molecule has 2 fully saturated rings. The zero-order valence-corrected chi connectivity index (χ0v) is 13.5. The number of ether oxygens (including phenoxy) is 1. The van der Waals surface area contributed by atoms with Gasteiger partial charge in [-0.15, -0.1) is 0 Å². The van der Waals surface area contributed by atoms with Gasteiger partial charge in [-0.25, -0.2) is 0 Å². The van der Waals surface area contributed by atoms with Crippen molar-refractivity contribution in [3.8, 4) is 5.75 Å². The molecular formula is C19H29NO. The fourth-order valence-electron chi connectivity index (χ4n) is 4.07. The van der Waals surface area contributed by atoms with E-state index >= 15 is 0 Å². The zero-order chi connectivity index (χ0) is 14.9. The SMILES string of the molecule is CCC1(C)C(N)CC1c1ccc(OC2CCCCC2)cc1. The average molecular weight is 287 g/mol. The molecule has 3 unspecified atom stereocenters. The largest absolute Gasteiger partial charge is 0.490 e. The third-order valence-electron chi connectivity index (χ3n) is 6.03. The van der Waals surface area contributed by atoms with Gasteiger partial charge in [0.15, 0.2) is 0 Å². The Labute approximate surface area is 129 Å². The number of rotatable bonds is 4. The summed E-state index contributed by atoms with van der Waals surface area (Å²) in [6.45, 7) is 4.59. The second-order valence-electron chi connectivity index (χ2n) is 7.20. The van der Waals surface area contributed by atoms with Crippen LogP contribution in [0.2, 0.25) is 0 Å². The highest BCUT2D eigenvalue weighted by Crippen LogP contribution is 2.53. The highest BCUT2D eigenvalue weighted by Gasteiger charge is 2.48. The number of nitrogens with two attached hydrogens (primary N) is 1. The van der Waals surface area contributed by atoms with Crippen LogP contribution in [0.3, 0.4) is 0 Å². The van der Waals surface area contributed by atoms with Crippen molar-refractivity contribution in [2.75, 3.05) is 0 Å². The lowest BCUT2D eigenvalue weighted by Crippen LogP contribution is -2.54. The Balaban J connectivity index is 1.64. The standard InChI is InChI=1S/C19H29NO/c1-3-19(2)17(13-18(19)20)14-9-11-16(12-10-14)21-15-7-5-4-6-8-15/h9-12,15,17-18H,3-8,13,20H2,1-2H3. The quantitative estimate of drug-likeness (QED) is 0.876. The van der Waals surface area contributed by atoms with Gasteiger partial charge in [0.25, 0.3) is 0 Å². The fourth-order valence-corrected chi connectivity index (χ4v) is 4.07. The second-order valence-corrected chi connectivity index (χ2v) is 7.20. The van der Waals surface area contributed by atoms with Gasteiger partial charge in [0.2, 0.25) is 0 Å². The highest BCUT2D eigenvalue weighted by atomic mass is 16.5. The molecule has 0 saturated heterocycles. The highest BCUT2D eigenvalue weighted by molar-refractivity contribution is 5.33. The van der Waals surface area contributed by atoms with Crippen molar-refractivity contribution in [3.63, 3.8) is 0 Å². The molecule has 1 aromatic rings. The lowest BCUT2D eigenvalue weighted by molar-refractivity contribution is 0.0705. The maximum atomic E-state index is 6.22. The molecule has 2 N–H and O–H groups in total. The monoisotopic (exact) mass is 287 g/mol. The lowest BCUT2D eigenvalue weighted by Gasteiger charge is -2.53. The molecule has 21 heavy (non-hydrogen) atoms. The third kappa shape index (κ3) is 2.83. The van der Waals surface area contributed by atoms with Crippen molar-refractivity contribution in [2.45, 2.75) is 76.9 Å². The first-order valence-electron chi connectivity index (χ1n) is 8.65. The maximum absolute atomic E-state index is 6.22. The Morgan fingerprint density at radius 3 is 2.38 bits per heavy atom. The van der Waals surface area contributed by atoms with Crippen LogP contribution in [0.1, 0.15) is 70.3 Å². The van der Waals surface area contributed by atoms with Crippen LogP contribution >= 0.6 is 0 Å². The summed E-state index contributed by atoms with van der Waals surface area (Å²) in [4.78, 5) is 0. The van der Waals surface area contributed by atoms with E-state index in [0.29, 0.717) is 18.1 Å². The van der Waals surface area contributed by atoms with Crippen molar-refractivity contribution in [1.82, 2.24) is 0 Å². The molecular weight excluding hydrogens is 258 g/mol. The van der Waals surface area contributed by atoms with Crippen molar-refractivity contribution >= 4 is 0 Å². The smallest absolute Gasteiger partial charge is 0.119 e. The van der Waals surface area contributed by atoms with Crippen LogP contribution in [-0.4, -0.2) is 12.1 Å². The molecule has 116 valence electrons. The fraction of sp³-hybridized carbons (Fsp3) is 0.684. The number of benzene rings is 1. The molecule has 2 saturated carbocycles. The molecule has 3 rings (SSSR count). The molecule has 0 aliphatic heterocycles. The third-order valence-corrected chi connectivity index (χ3v) is 6.03. The summed E-state index contributed by atoms with van der Waals surface area (Å²) >= 11 is 0. The summed E-state index contributed by atoms with van der Waals surface area (Å²) in [5, 5.41) is 0. The molecule has 3 atom stereocenters. The van der Waals surface area contributed by atoms with Gasteiger partial charge in [-0.05, 0) is 67.6 Å². The van der Waals surface area contributed by atoms with Crippen molar-refractivity contribution in [1.29, 1.82) is 0 Å². The van der Waals surface area contributed by atoms with Gasteiger partial charge < -0.3 is 10.5 Å². The van der Waals surface area contributed by atoms with Crippen molar-refractivity contribution in [3.05, 3.63) is 29.8 Å². The molecule has 2 aliphatic rings. The lowest BCUT2D eigenvalue weighted by atomic mass is 9.54. The number of hydrogen-bond acceptors (Lipinski definition) is 2. The molecule has 2 nitrogen and oxygen atoms in total.